The number of fused-ring (bicyclic) bond motifs is 2. The van der Waals surface area contributed by atoms with E-state index in [0.717, 1.165) is 36.0 Å². The Morgan fingerprint density at radius 2 is 1.58 bits per heavy atom. The van der Waals surface area contributed by atoms with Crippen molar-refractivity contribution < 1.29 is 43.3 Å². The molecule has 1 fully saturated rings. The van der Waals surface area contributed by atoms with Gasteiger partial charge in [-0.25, -0.2) is 0 Å². The number of nitrogens with one attached hydrogen (secondary N) is 3. The van der Waals surface area contributed by atoms with Gasteiger partial charge in [0.05, 0.1) is 20.3 Å². The van der Waals surface area contributed by atoms with Crippen LogP contribution in [0.1, 0.15) is 76.4 Å². The van der Waals surface area contributed by atoms with Gasteiger partial charge in [-0.3, -0.25) is 19.2 Å². The fraction of sp³-hybridized carbons (Fsp3) is 0.405. The van der Waals surface area contributed by atoms with Crippen molar-refractivity contribution in [3.63, 3.8) is 0 Å². The Balaban J connectivity index is 1.22. The number of carbonyl (C=O) groups excluding carboxylic acids is 4. The fourth-order valence-electron chi connectivity index (χ4n) is 6.97. The summed E-state index contributed by atoms with van der Waals surface area (Å²) in [4.78, 5) is 56.2. The van der Waals surface area contributed by atoms with Crippen LogP contribution in [0.25, 0.3) is 0 Å². The van der Waals surface area contributed by atoms with E-state index in [4.69, 9.17) is 14.0 Å². The third-order valence-corrected chi connectivity index (χ3v) is 9.85. The van der Waals surface area contributed by atoms with Crippen molar-refractivity contribution in [3.8, 4) is 5.75 Å². The Labute approximate surface area is 303 Å². The average molecular weight is 710 g/mol. The van der Waals surface area contributed by atoms with Crippen LogP contribution in [0.15, 0.2) is 60.7 Å². The summed E-state index contributed by atoms with van der Waals surface area (Å²) < 4.78 is 15.9. The molecule has 3 aliphatic heterocycles. The predicted molar refractivity (Wildman–Crippen MR) is 194 cm³/mol. The first-order valence-electron chi connectivity index (χ1n) is 17.8. The first kappa shape index (κ1) is 37.1. The van der Waals surface area contributed by atoms with Gasteiger partial charge >= 0.3 is 14.2 Å². The van der Waals surface area contributed by atoms with Crippen LogP contribution >= 0.6 is 0 Å². The Hall–Kier alpha value is -4.69. The molecule has 6 rings (SSSR count). The number of amides is 4. The third kappa shape index (κ3) is 8.67. The van der Waals surface area contributed by atoms with E-state index in [1.165, 1.54) is 4.90 Å². The number of hydrogen-bond donors (Lipinski definition) is 5. The van der Waals surface area contributed by atoms with E-state index < -0.39 is 50.1 Å². The minimum atomic E-state index is -1.16. The Morgan fingerprint density at radius 1 is 0.923 bits per heavy atom. The molecule has 13 nitrogen and oxygen atoms in total. The molecule has 0 unspecified atom stereocenters. The maximum Gasteiger partial charge on any atom is 0.491 e. The van der Waals surface area contributed by atoms with E-state index in [1.807, 2.05) is 24.3 Å². The Bertz CT molecular complexity index is 1790. The van der Waals surface area contributed by atoms with E-state index >= 15 is 0 Å². The van der Waals surface area contributed by atoms with Crippen LogP contribution in [-0.4, -0.2) is 91.1 Å². The molecule has 5 N–H and O–H groups in total. The van der Waals surface area contributed by atoms with Crippen molar-refractivity contribution in [2.45, 2.75) is 76.8 Å². The monoisotopic (exact) mass is 710 g/mol. The molecule has 3 atom stereocenters. The minimum Gasteiger partial charge on any atom is -0.497 e. The molecule has 0 saturated carbocycles. The van der Waals surface area contributed by atoms with E-state index in [2.05, 4.69) is 22.9 Å². The first-order chi connectivity index (χ1) is 25.1. The average Bonchev–Trinajstić information content (AvgIpc) is 3.86. The van der Waals surface area contributed by atoms with Crippen LogP contribution in [0.2, 0.25) is 0 Å². The lowest BCUT2D eigenvalue weighted by molar-refractivity contribution is -0.126. The second-order valence-corrected chi connectivity index (χ2v) is 13.6. The van der Waals surface area contributed by atoms with Gasteiger partial charge in [0, 0.05) is 42.7 Å². The summed E-state index contributed by atoms with van der Waals surface area (Å²) in [5.74, 6) is -0.832. The number of hydrogen-bond acceptors (Lipinski definition) is 9. The van der Waals surface area contributed by atoms with Gasteiger partial charge in [0.15, 0.2) is 0 Å². The van der Waals surface area contributed by atoms with E-state index in [1.54, 1.807) is 43.5 Å². The predicted octanol–water partition coefficient (Wildman–Crippen LogP) is 0.568. The zero-order valence-corrected chi connectivity index (χ0v) is 29.4. The third-order valence-electron chi connectivity index (χ3n) is 9.85. The number of unbranched alkanes of at least 4 members (excludes halogenated alkanes) is 2. The van der Waals surface area contributed by atoms with Crippen molar-refractivity contribution in [2.24, 2.45) is 0 Å². The summed E-state index contributed by atoms with van der Waals surface area (Å²) in [5.41, 5.74) is 4.04. The van der Waals surface area contributed by atoms with Crippen LogP contribution < -0.4 is 31.6 Å². The van der Waals surface area contributed by atoms with Crippen molar-refractivity contribution >= 4 is 48.8 Å². The molecule has 3 heterocycles. The summed E-state index contributed by atoms with van der Waals surface area (Å²) in [7, 11) is -0.693. The van der Waals surface area contributed by atoms with Gasteiger partial charge in [-0.05, 0) is 83.3 Å². The number of nitrogens with zero attached hydrogens (tertiary/aromatic N) is 1. The minimum absolute atomic E-state index is 0.0291. The molecule has 1 saturated heterocycles. The van der Waals surface area contributed by atoms with Crippen LogP contribution in [0, 0.1) is 0 Å². The van der Waals surface area contributed by atoms with Gasteiger partial charge in [0.2, 0.25) is 11.8 Å². The topological polar surface area (TPSA) is 176 Å². The smallest absolute Gasteiger partial charge is 0.491 e. The van der Waals surface area contributed by atoms with Gasteiger partial charge in [-0.2, -0.15) is 0 Å². The van der Waals surface area contributed by atoms with Crippen LogP contribution in [0.4, 0.5) is 0 Å². The van der Waals surface area contributed by atoms with Gasteiger partial charge < -0.3 is 44.9 Å². The van der Waals surface area contributed by atoms with Gasteiger partial charge in [-0.1, -0.05) is 44.0 Å². The molecule has 0 aliphatic carbocycles. The standard InChI is InChI=1S/C37H44B2N4O9/c1-3-4-5-14-40-34(44)19-28(15-23-6-12-30(50-2)13-7-23)41-36(46)33-18-29(42-35(45)24-8-10-26-21-51-38(48)31(26)16-24)20-43(33)37(47)25-9-11-27-22-52-39(49)32(27)17-25/h6-13,16-17,28-29,33,48-49H,3-5,14-15,18-22H2,1-2H3,(H,40,44)(H,41,46)(H,42,45)/t28-,29+,33-/m0/s1. The van der Waals surface area contributed by atoms with Crippen molar-refractivity contribution in [1.82, 2.24) is 20.9 Å². The lowest BCUT2D eigenvalue weighted by atomic mass is 9.78. The first-order valence-corrected chi connectivity index (χ1v) is 17.8. The second-order valence-electron chi connectivity index (χ2n) is 13.6. The number of rotatable bonds is 14. The molecule has 0 spiro atoms. The van der Waals surface area contributed by atoms with Gasteiger partial charge in [-0.15, -0.1) is 0 Å². The van der Waals surface area contributed by atoms with Gasteiger partial charge in [0.1, 0.15) is 11.8 Å². The van der Waals surface area contributed by atoms with Crippen molar-refractivity contribution in [2.75, 3.05) is 20.2 Å². The highest BCUT2D eigenvalue weighted by atomic mass is 16.5. The summed E-state index contributed by atoms with van der Waals surface area (Å²) in [6, 6.07) is 15.1. The number of likely N-dealkylation sites (tertiary alicyclic amines) is 1. The van der Waals surface area contributed by atoms with Crippen molar-refractivity contribution in [1.29, 1.82) is 0 Å². The zero-order valence-electron chi connectivity index (χ0n) is 29.4. The molecule has 4 amide bonds. The lowest BCUT2D eigenvalue weighted by Gasteiger charge is -2.27. The maximum atomic E-state index is 14.2. The molecule has 3 aliphatic rings. The molecule has 272 valence electrons. The highest BCUT2D eigenvalue weighted by molar-refractivity contribution is 6.62. The van der Waals surface area contributed by atoms with Crippen LogP contribution in [0.3, 0.4) is 0 Å². The molecule has 15 heteroatoms. The summed E-state index contributed by atoms with van der Waals surface area (Å²) in [6.07, 6.45) is 3.38. The largest absolute Gasteiger partial charge is 0.497 e. The molecule has 3 aromatic carbocycles. The molecule has 3 aromatic rings. The molecule has 0 aromatic heterocycles. The van der Waals surface area contributed by atoms with Crippen LogP contribution in [0.5, 0.6) is 5.75 Å². The number of benzene rings is 3. The molecule has 0 radical (unpaired) electrons. The highest BCUT2D eigenvalue weighted by Gasteiger charge is 2.42. The number of methoxy groups -OCH3 is 1. The number of ether oxygens (including phenoxy) is 1. The Morgan fingerprint density at radius 3 is 2.23 bits per heavy atom. The van der Waals surface area contributed by atoms with Crippen molar-refractivity contribution in [3.05, 3.63) is 88.5 Å². The molecule has 52 heavy (non-hydrogen) atoms. The van der Waals surface area contributed by atoms with E-state index in [-0.39, 0.29) is 44.1 Å². The highest BCUT2D eigenvalue weighted by Crippen LogP contribution is 2.24. The zero-order chi connectivity index (χ0) is 36.8. The van der Waals surface area contributed by atoms with E-state index in [9.17, 15) is 29.2 Å². The summed E-state index contributed by atoms with van der Waals surface area (Å²) in [5, 5.41) is 29.4. The Kier molecular flexibility index (Phi) is 12.0. The quantitative estimate of drug-likeness (QED) is 0.118. The van der Waals surface area contributed by atoms with Crippen LogP contribution in [-0.2, 0) is 38.5 Å². The SMILES string of the molecule is CCCCCNC(=O)C[C@H](Cc1ccc(OC)cc1)NC(=O)[C@@H]1C[C@@H](NC(=O)c2ccc3c(c2)B(O)OC3)CN1C(=O)c1ccc2c(c1)B(O)OC2. The number of carbonyl (C=O) groups is 4. The molecular formula is C37H44B2N4O9. The summed E-state index contributed by atoms with van der Waals surface area (Å²) in [6.45, 7) is 3.14. The summed E-state index contributed by atoms with van der Waals surface area (Å²) >= 11 is 0. The fourth-order valence-corrected chi connectivity index (χ4v) is 6.97. The second kappa shape index (κ2) is 16.8. The van der Waals surface area contributed by atoms with Gasteiger partial charge in [0.25, 0.3) is 11.8 Å². The lowest BCUT2D eigenvalue weighted by Crippen LogP contribution is -2.50. The maximum absolute atomic E-state index is 14.2. The normalized spacial score (nSPS) is 18.1. The molecule has 0 bridgehead atoms. The van der Waals surface area contributed by atoms with E-state index in [0.29, 0.717) is 35.2 Å². The molecular weight excluding hydrogens is 666 g/mol.